The Hall–Kier alpha value is -2.11. The first-order valence-electron chi connectivity index (χ1n) is 6.64. The molecule has 100 valence electrons. The molecule has 1 fully saturated rings. The van der Waals surface area contributed by atoms with E-state index >= 15 is 0 Å². The number of anilines is 2. The van der Waals surface area contributed by atoms with Crippen LogP contribution in [0, 0.1) is 0 Å². The fraction of sp³-hybridized carbons (Fsp3) is 0.462. The molecule has 1 aliphatic heterocycles. The van der Waals surface area contributed by atoms with Gasteiger partial charge in [-0.15, -0.1) is 0 Å². The second-order valence-corrected chi connectivity index (χ2v) is 4.75. The second-order valence-electron chi connectivity index (χ2n) is 4.75. The highest BCUT2D eigenvalue weighted by Crippen LogP contribution is 2.21. The van der Waals surface area contributed by atoms with E-state index in [4.69, 9.17) is 10.3 Å². The maximum absolute atomic E-state index is 5.65. The van der Waals surface area contributed by atoms with Gasteiger partial charge in [-0.3, -0.25) is 0 Å². The molecule has 0 amide bonds. The molecule has 2 aromatic rings. The minimum atomic E-state index is 0.423. The third-order valence-corrected chi connectivity index (χ3v) is 3.29. The number of hydrogen-bond acceptors (Lipinski definition) is 6. The van der Waals surface area contributed by atoms with Crippen LogP contribution in [0.2, 0.25) is 0 Å². The summed E-state index contributed by atoms with van der Waals surface area (Å²) in [5.74, 6) is 1.53. The first-order valence-corrected chi connectivity index (χ1v) is 6.64. The van der Waals surface area contributed by atoms with Crippen LogP contribution in [0.5, 0.6) is 0 Å². The number of nitrogen functional groups attached to an aromatic ring is 1. The fourth-order valence-corrected chi connectivity index (χ4v) is 2.29. The van der Waals surface area contributed by atoms with Gasteiger partial charge in [-0.25, -0.2) is 4.98 Å². The molecule has 2 N–H and O–H groups in total. The smallest absolute Gasteiger partial charge is 0.278 e. The summed E-state index contributed by atoms with van der Waals surface area (Å²) < 4.78 is 5.28. The summed E-state index contributed by atoms with van der Waals surface area (Å²) in [6, 6.07) is 5.37. The molecule has 3 rings (SSSR count). The molecule has 1 aliphatic rings. The Labute approximate surface area is 111 Å². The minimum Gasteiger partial charge on any atom is -0.384 e. The summed E-state index contributed by atoms with van der Waals surface area (Å²) in [6.45, 7) is 1.98. The lowest BCUT2D eigenvalue weighted by atomic mass is 10.2. The first-order chi connectivity index (χ1) is 9.33. The monoisotopic (exact) mass is 259 g/mol. The topological polar surface area (TPSA) is 81.1 Å². The highest BCUT2D eigenvalue weighted by Gasteiger charge is 2.17. The lowest BCUT2D eigenvalue weighted by Crippen LogP contribution is -2.24. The highest BCUT2D eigenvalue weighted by atomic mass is 16.5. The van der Waals surface area contributed by atoms with Crippen LogP contribution in [0.3, 0.4) is 0 Å². The average Bonchev–Trinajstić information content (AvgIpc) is 2.75. The molecule has 6 nitrogen and oxygen atoms in total. The molecule has 0 aliphatic carbocycles. The van der Waals surface area contributed by atoms with Crippen LogP contribution in [0.4, 0.5) is 11.8 Å². The highest BCUT2D eigenvalue weighted by molar-refractivity contribution is 5.51. The molecule has 0 atom stereocenters. The van der Waals surface area contributed by atoms with Crippen molar-refractivity contribution in [1.29, 1.82) is 0 Å². The van der Waals surface area contributed by atoms with E-state index in [1.807, 2.05) is 12.1 Å². The van der Waals surface area contributed by atoms with Gasteiger partial charge in [0.25, 0.3) is 11.8 Å². The number of aromatic nitrogens is 3. The van der Waals surface area contributed by atoms with Gasteiger partial charge in [0.1, 0.15) is 11.5 Å². The van der Waals surface area contributed by atoms with E-state index in [0.29, 0.717) is 23.4 Å². The molecule has 0 spiro atoms. The van der Waals surface area contributed by atoms with Crippen LogP contribution in [0.1, 0.15) is 25.7 Å². The molecule has 3 heterocycles. The summed E-state index contributed by atoms with van der Waals surface area (Å²) in [7, 11) is 0. The van der Waals surface area contributed by atoms with Gasteiger partial charge in [0.05, 0.1) is 0 Å². The molecule has 6 heteroatoms. The van der Waals surface area contributed by atoms with E-state index in [0.717, 1.165) is 13.1 Å². The summed E-state index contributed by atoms with van der Waals surface area (Å²) in [5.41, 5.74) is 6.27. The van der Waals surface area contributed by atoms with E-state index < -0.39 is 0 Å². The van der Waals surface area contributed by atoms with E-state index in [1.54, 1.807) is 6.07 Å². The predicted molar refractivity (Wildman–Crippen MR) is 72.6 cm³/mol. The molecule has 2 aromatic heterocycles. The number of hydrogen-bond donors (Lipinski definition) is 1. The molecule has 0 unspecified atom stereocenters. The van der Waals surface area contributed by atoms with Gasteiger partial charge in [0.15, 0.2) is 0 Å². The Balaban J connectivity index is 1.82. The van der Waals surface area contributed by atoms with Gasteiger partial charge in [0, 0.05) is 13.1 Å². The molecular weight excluding hydrogens is 242 g/mol. The molecule has 1 saturated heterocycles. The Morgan fingerprint density at radius 1 is 1.05 bits per heavy atom. The zero-order chi connectivity index (χ0) is 13.1. The summed E-state index contributed by atoms with van der Waals surface area (Å²) in [5, 5.41) is 4.05. The summed E-state index contributed by atoms with van der Waals surface area (Å²) in [4.78, 5) is 10.8. The quantitative estimate of drug-likeness (QED) is 0.889. The van der Waals surface area contributed by atoms with Crippen LogP contribution in [-0.4, -0.2) is 28.2 Å². The molecule has 0 bridgehead atoms. The lowest BCUT2D eigenvalue weighted by Gasteiger charge is -2.16. The zero-order valence-corrected chi connectivity index (χ0v) is 10.7. The minimum absolute atomic E-state index is 0.423. The Morgan fingerprint density at radius 3 is 2.58 bits per heavy atom. The van der Waals surface area contributed by atoms with Crippen molar-refractivity contribution >= 4 is 11.8 Å². The van der Waals surface area contributed by atoms with Crippen LogP contribution >= 0.6 is 0 Å². The van der Waals surface area contributed by atoms with E-state index in [1.165, 1.54) is 25.7 Å². The normalized spacial score (nSPS) is 16.3. The molecule has 0 saturated carbocycles. The van der Waals surface area contributed by atoms with Gasteiger partial charge < -0.3 is 15.2 Å². The average molecular weight is 259 g/mol. The van der Waals surface area contributed by atoms with Crippen LogP contribution in [0.25, 0.3) is 11.6 Å². The number of nitrogens with two attached hydrogens (primary N) is 1. The van der Waals surface area contributed by atoms with Gasteiger partial charge in [-0.2, -0.15) is 4.98 Å². The fourth-order valence-electron chi connectivity index (χ4n) is 2.29. The van der Waals surface area contributed by atoms with Crippen LogP contribution in [0.15, 0.2) is 22.7 Å². The lowest BCUT2D eigenvalue weighted by molar-refractivity contribution is 0.428. The third-order valence-electron chi connectivity index (χ3n) is 3.29. The van der Waals surface area contributed by atoms with Crippen molar-refractivity contribution in [2.45, 2.75) is 25.7 Å². The Bertz CT molecular complexity index is 545. The third kappa shape index (κ3) is 2.67. The number of nitrogens with zero attached hydrogens (tertiary/aromatic N) is 4. The molecule has 0 aromatic carbocycles. The zero-order valence-electron chi connectivity index (χ0n) is 10.7. The van der Waals surface area contributed by atoms with Gasteiger partial charge in [-0.1, -0.05) is 18.9 Å². The summed E-state index contributed by atoms with van der Waals surface area (Å²) in [6.07, 6.45) is 4.91. The van der Waals surface area contributed by atoms with Crippen molar-refractivity contribution in [3.8, 4) is 11.6 Å². The van der Waals surface area contributed by atoms with Gasteiger partial charge >= 0.3 is 0 Å². The SMILES string of the molecule is Nc1cccc(-c2nc(N3CCCCCC3)no2)n1. The number of pyridine rings is 1. The standard InChI is InChI=1S/C13H17N5O/c14-11-7-5-6-10(15-11)12-16-13(17-19-12)18-8-3-1-2-4-9-18/h5-7H,1-4,8-9H2,(H2,14,15). The maximum atomic E-state index is 5.65. The van der Waals surface area contributed by atoms with Crippen molar-refractivity contribution in [3.05, 3.63) is 18.2 Å². The Kier molecular flexibility index (Phi) is 3.31. The maximum Gasteiger partial charge on any atom is 0.278 e. The van der Waals surface area contributed by atoms with Gasteiger partial charge in [-0.05, 0) is 30.1 Å². The molecule has 0 radical (unpaired) electrons. The molecule has 19 heavy (non-hydrogen) atoms. The van der Waals surface area contributed by atoms with Gasteiger partial charge in [0.2, 0.25) is 0 Å². The van der Waals surface area contributed by atoms with E-state index in [9.17, 15) is 0 Å². The van der Waals surface area contributed by atoms with Crippen LogP contribution < -0.4 is 10.6 Å². The van der Waals surface area contributed by atoms with Crippen molar-refractivity contribution in [3.63, 3.8) is 0 Å². The predicted octanol–water partition coefficient (Wildman–Crippen LogP) is 2.09. The van der Waals surface area contributed by atoms with Crippen molar-refractivity contribution < 1.29 is 4.52 Å². The van der Waals surface area contributed by atoms with E-state index in [2.05, 4.69) is 20.0 Å². The molecular formula is C13H17N5O. The largest absolute Gasteiger partial charge is 0.384 e. The van der Waals surface area contributed by atoms with Crippen LogP contribution in [-0.2, 0) is 0 Å². The van der Waals surface area contributed by atoms with Crippen molar-refractivity contribution in [2.75, 3.05) is 23.7 Å². The second kappa shape index (κ2) is 5.26. The van der Waals surface area contributed by atoms with Crippen molar-refractivity contribution in [1.82, 2.24) is 15.1 Å². The summed E-state index contributed by atoms with van der Waals surface area (Å²) >= 11 is 0. The first kappa shape index (κ1) is 12.0. The Morgan fingerprint density at radius 2 is 1.84 bits per heavy atom. The number of rotatable bonds is 2. The van der Waals surface area contributed by atoms with Crippen molar-refractivity contribution in [2.24, 2.45) is 0 Å². The van der Waals surface area contributed by atoms with E-state index in [-0.39, 0.29) is 0 Å².